The highest BCUT2D eigenvalue weighted by atomic mass is 16.1. The predicted molar refractivity (Wildman–Crippen MR) is 70.1 cm³/mol. The average molecular weight is 238 g/mol. The molecule has 0 N–H and O–H groups in total. The van der Waals surface area contributed by atoms with Gasteiger partial charge in [-0.15, -0.1) is 0 Å². The molecule has 0 bridgehead atoms. The van der Waals surface area contributed by atoms with Gasteiger partial charge in [0.25, 0.3) is 0 Å². The maximum atomic E-state index is 11.3. The number of rotatable bonds is 5. The van der Waals surface area contributed by atoms with Crippen molar-refractivity contribution in [3.8, 4) is 0 Å². The van der Waals surface area contributed by atoms with E-state index < -0.39 is 0 Å². The number of nitrogens with zero attached hydrogens (tertiary/aromatic N) is 2. The van der Waals surface area contributed by atoms with E-state index in [0.717, 1.165) is 32.0 Å². The van der Waals surface area contributed by atoms with Gasteiger partial charge in [0.1, 0.15) is 6.29 Å². The van der Waals surface area contributed by atoms with E-state index in [9.17, 15) is 4.79 Å². The third-order valence-corrected chi connectivity index (χ3v) is 4.36. The van der Waals surface area contributed by atoms with Gasteiger partial charge in [-0.05, 0) is 25.8 Å². The maximum Gasteiger partial charge on any atom is 0.127 e. The van der Waals surface area contributed by atoms with E-state index in [0.29, 0.717) is 0 Å². The van der Waals surface area contributed by atoms with Crippen LogP contribution < -0.4 is 0 Å². The lowest BCUT2D eigenvalue weighted by atomic mass is 9.86. The van der Waals surface area contributed by atoms with Gasteiger partial charge in [0.15, 0.2) is 0 Å². The summed E-state index contributed by atoms with van der Waals surface area (Å²) in [6.45, 7) is 10.0. The maximum absolute atomic E-state index is 11.3. The zero-order chi connectivity index (χ0) is 12.3. The van der Waals surface area contributed by atoms with Crippen molar-refractivity contribution in [3.05, 3.63) is 0 Å². The molecular weight excluding hydrogens is 212 g/mol. The van der Waals surface area contributed by atoms with Gasteiger partial charge < -0.3 is 4.79 Å². The number of carbonyl (C=O) groups is 1. The first-order valence-electron chi connectivity index (χ1n) is 7.09. The summed E-state index contributed by atoms with van der Waals surface area (Å²) in [4.78, 5) is 16.4. The second kappa shape index (κ2) is 5.49. The molecule has 0 radical (unpaired) electrons. The summed E-state index contributed by atoms with van der Waals surface area (Å²) in [7, 11) is 0. The predicted octanol–water partition coefficient (Wildman–Crippen LogP) is 1.77. The van der Waals surface area contributed by atoms with Crippen LogP contribution in [0.1, 0.15) is 39.5 Å². The van der Waals surface area contributed by atoms with E-state index >= 15 is 0 Å². The SMILES string of the molecule is CCCC(C)(C=O)CN1CCN2CCCC2C1. The lowest BCUT2D eigenvalue weighted by Gasteiger charge is -2.40. The van der Waals surface area contributed by atoms with Crippen LogP contribution in [-0.4, -0.2) is 54.9 Å². The van der Waals surface area contributed by atoms with Crippen LogP contribution in [0.5, 0.6) is 0 Å². The summed E-state index contributed by atoms with van der Waals surface area (Å²) < 4.78 is 0. The van der Waals surface area contributed by atoms with Crippen molar-refractivity contribution in [3.63, 3.8) is 0 Å². The van der Waals surface area contributed by atoms with Crippen molar-refractivity contribution in [1.82, 2.24) is 9.80 Å². The topological polar surface area (TPSA) is 23.6 Å². The van der Waals surface area contributed by atoms with Crippen LogP contribution in [0, 0.1) is 5.41 Å². The van der Waals surface area contributed by atoms with Crippen molar-refractivity contribution < 1.29 is 4.79 Å². The van der Waals surface area contributed by atoms with E-state index in [1.165, 1.54) is 38.8 Å². The molecule has 2 aliphatic rings. The van der Waals surface area contributed by atoms with E-state index in [2.05, 4.69) is 23.6 Å². The summed E-state index contributed by atoms with van der Waals surface area (Å²) in [6, 6.07) is 0.765. The zero-order valence-electron chi connectivity index (χ0n) is 11.3. The van der Waals surface area contributed by atoms with Gasteiger partial charge in [0.2, 0.25) is 0 Å². The Morgan fingerprint density at radius 1 is 1.35 bits per heavy atom. The molecule has 2 heterocycles. The summed E-state index contributed by atoms with van der Waals surface area (Å²) in [5, 5.41) is 0. The normalized spacial score (nSPS) is 29.9. The average Bonchev–Trinajstić information content (AvgIpc) is 2.76. The minimum atomic E-state index is -0.129. The van der Waals surface area contributed by atoms with Gasteiger partial charge >= 0.3 is 0 Å². The fourth-order valence-corrected chi connectivity index (χ4v) is 3.46. The molecule has 2 fully saturated rings. The molecule has 0 aromatic rings. The first kappa shape index (κ1) is 13.0. The third kappa shape index (κ3) is 3.08. The van der Waals surface area contributed by atoms with Crippen molar-refractivity contribution >= 4 is 6.29 Å². The monoisotopic (exact) mass is 238 g/mol. The van der Waals surface area contributed by atoms with E-state index in [-0.39, 0.29) is 5.41 Å². The summed E-state index contributed by atoms with van der Waals surface area (Å²) in [6.07, 6.45) is 6.00. The van der Waals surface area contributed by atoms with Crippen LogP contribution >= 0.6 is 0 Å². The van der Waals surface area contributed by atoms with Crippen LogP contribution in [0.2, 0.25) is 0 Å². The molecule has 2 aliphatic heterocycles. The molecule has 0 amide bonds. The molecule has 98 valence electrons. The lowest BCUT2D eigenvalue weighted by molar-refractivity contribution is -0.117. The Kier molecular flexibility index (Phi) is 4.21. The molecule has 2 saturated heterocycles. The minimum Gasteiger partial charge on any atom is -0.303 e. The van der Waals surface area contributed by atoms with Crippen LogP contribution in [0.15, 0.2) is 0 Å². The van der Waals surface area contributed by atoms with Crippen molar-refractivity contribution in [1.29, 1.82) is 0 Å². The molecule has 0 aliphatic carbocycles. The highest BCUT2D eigenvalue weighted by molar-refractivity contribution is 5.59. The fourth-order valence-electron chi connectivity index (χ4n) is 3.46. The highest BCUT2D eigenvalue weighted by Crippen LogP contribution is 2.26. The first-order chi connectivity index (χ1) is 8.17. The standard InChI is InChI=1S/C14H26N2O/c1-3-6-14(2,12-17)11-15-8-9-16-7-4-5-13(16)10-15/h12-13H,3-11H2,1-2H3. The van der Waals surface area contributed by atoms with Crippen LogP contribution in [-0.2, 0) is 4.79 Å². The van der Waals surface area contributed by atoms with Gasteiger partial charge in [0.05, 0.1) is 0 Å². The van der Waals surface area contributed by atoms with Crippen LogP contribution in [0.3, 0.4) is 0 Å². The molecular formula is C14H26N2O. The number of hydrogen-bond acceptors (Lipinski definition) is 3. The van der Waals surface area contributed by atoms with E-state index in [1.54, 1.807) is 0 Å². The quantitative estimate of drug-likeness (QED) is 0.682. The molecule has 2 atom stereocenters. The summed E-state index contributed by atoms with van der Waals surface area (Å²) >= 11 is 0. The minimum absolute atomic E-state index is 0.129. The Labute approximate surface area is 105 Å². The Morgan fingerprint density at radius 3 is 2.88 bits per heavy atom. The van der Waals surface area contributed by atoms with Crippen LogP contribution in [0.4, 0.5) is 0 Å². The third-order valence-electron chi connectivity index (χ3n) is 4.36. The largest absolute Gasteiger partial charge is 0.303 e. The molecule has 3 nitrogen and oxygen atoms in total. The molecule has 2 unspecified atom stereocenters. The van der Waals surface area contributed by atoms with Crippen molar-refractivity contribution in [2.45, 2.75) is 45.6 Å². The molecule has 0 saturated carbocycles. The van der Waals surface area contributed by atoms with Crippen molar-refractivity contribution in [2.75, 3.05) is 32.7 Å². The number of hydrogen-bond donors (Lipinski definition) is 0. The Balaban J connectivity index is 1.88. The summed E-state index contributed by atoms with van der Waals surface area (Å²) in [5.74, 6) is 0. The Hall–Kier alpha value is -0.410. The molecule has 2 rings (SSSR count). The molecule has 0 spiro atoms. The van der Waals surface area contributed by atoms with Gasteiger partial charge in [-0.3, -0.25) is 9.80 Å². The van der Waals surface area contributed by atoms with Gasteiger partial charge in [-0.25, -0.2) is 0 Å². The molecule has 0 aromatic carbocycles. The number of carbonyl (C=O) groups excluding carboxylic acids is 1. The first-order valence-corrected chi connectivity index (χ1v) is 7.09. The molecule has 3 heteroatoms. The summed E-state index contributed by atoms with van der Waals surface area (Å²) in [5.41, 5.74) is -0.129. The lowest BCUT2D eigenvalue weighted by Crippen LogP contribution is -2.52. The van der Waals surface area contributed by atoms with E-state index in [4.69, 9.17) is 0 Å². The number of piperazine rings is 1. The fraction of sp³-hybridized carbons (Fsp3) is 0.929. The smallest absolute Gasteiger partial charge is 0.127 e. The molecule has 0 aromatic heterocycles. The van der Waals surface area contributed by atoms with Gasteiger partial charge in [0, 0.05) is 37.6 Å². The highest BCUT2D eigenvalue weighted by Gasteiger charge is 2.33. The van der Waals surface area contributed by atoms with Crippen molar-refractivity contribution in [2.24, 2.45) is 5.41 Å². The second-order valence-corrected chi connectivity index (χ2v) is 6.09. The van der Waals surface area contributed by atoms with Gasteiger partial charge in [-0.2, -0.15) is 0 Å². The Bertz CT molecular complexity index is 269. The Morgan fingerprint density at radius 2 is 2.18 bits per heavy atom. The van der Waals surface area contributed by atoms with Gasteiger partial charge in [-0.1, -0.05) is 20.3 Å². The number of aldehydes is 1. The molecule has 17 heavy (non-hydrogen) atoms. The zero-order valence-corrected chi connectivity index (χ0v) is 11.3. The number of fused-ring (bicyclic) bond motifs is 1. The van der Waals surface area contributed by atoms with Crippen LogP contribution in [0.25, 0.3) is 0 Å². The van der Waals surface area contributed by atoms with E-state index in [1.807, 2.05) is 0 Å². The second-order valence-electron chi connectivity index (χ2n) is 6.09.